The van der Waals surface area contributed by atoms with Crippen LogP contribution in [0, 0.1) is 6.92 Å². The van der Waals surface area contributed by atoms with E-state index in [2.05, 4.69) is 121 Å². The number of hydrogen-bond donors (Lipinski definition) is 9. The van der Waals surface area contributed by atoms with Gasteiger partial charge in [0, 0.05) is 87.9 Å². The van der Waals surface area contributed by atoms with E-state index in [4.69, 9.17) is 34.8 Å². The van der Waals surface area contributed by atoms with Gasteiger partial charge in [-0.15, -0.1) is 0 Å². The summed E-state index contributed by atoms with van der Waals surface area (Å²) >= 11 is 17.7. The highest BCUT2D eigenvalue weighted by molar-refractivity contribution is 6.31. The Labute approximate surface area is 463 Å². The summed E-state index contributed by atoms with van der Waals surface area (Å²) in [6, 6.07) is 31.7. The van der Waals surface area contributed by atoms with Crippen LogP contribution in [0.15, 0.2) is 137 Å². The molecule has 9 N–H and O–H groups in total. The van der Waals surface area contributed by atoms with Crippen molar-refractivity contribution in [1.29, 1.82) is 0 Å². The first-order chi connectivity index (χ1) is 36.3. The molecule has 4 heterocycles. The van der Waals surface area contributed by atoms with Crippen molar-refractivity contribution in [3.8, 4) is 0 Å². The number of anilines is 2. The normalized spacial score (nSPS) is 18.4. The van der Waals surface area contributed by atoms with Crippen LogP contribution < -0.4 is 47.9 Å². The Hall–Kier alpha value is -7.29. The first kappa shape index (κ1) is 59.6. The molecule has 3 atom stereocenters. The fourth-order valence-corrected chi connectivity index (χ4v) is 7.37. The van der Waals surface area contributed by atoms with Gasteiger partial charge in [0.15, 0.2) is 17.9 Å². The summed E-state index contributed by atoms with van der Waals surface area (Å²) in [5, 5.41) is 30.9. The molecule has 8 rings (SSSR count). The van der Waals surface area contributed by atoms with E-state index < -0.39 is 0 Å². The smallest absolute Gasteiger partial charge is 0.204 e. The lowest BCUT2D eigenvalue weighted by molar-refractivity contribution is 0.559. The maximum Gasteiger partial charge on any atom is 0.204 e. The highest BCUT2D eigenvalue weighted by Gasteiger charge is 2.18. The van der Waals surface area contributed by atoms with Crippen LogP contribution in [-0.2, 0) is 12.8 Å². The Kier molecular flexibility index (Phi) is 23.8. The zero-order valence-corrected chi connectivity index (χ0v) is 47.9. The summed E-state index contributed by atoms with van der Waals surface area (Å²) in [5.41, 5.74) is 5.58. The molecule has 4 aliphatic heterocycles. The summed E-state index contributed by atoms with van der Waals surface area (Å²) in [6.07, 6.45) is 1.70. The minimum Gasteiger partial charge on any atom is -0.354 e. The molecule has 0 spiro atoms. The van der Waals surface area contributed by atoms with Crippen molar-refractivity contribution in [2.75, 3.05) is 72.7 Å². The van der Waals surface area contributed by atoms with Gasteiger partial charge in [-0.2, -0.15) is 0 Å². The van der Waals surface area contributed by atoms with Gasteiger partial charge in [0.1, 0.15) is 25.2 Å². The monoisotopic (exact) mass is 1100 g/mol. The maximum absolute atomic E-state index is 5.94. The number of nitrogens with zero attached hydrogens (tertiary/aromatic N) is 11. The molecule has 23 heteroatoms. The SMILES string of the molecule is CC(C)NC1=NC(C)NC(=NCCc2ccc(Cl)cc2)N1.CC1N=C(N(C)C)NC(=NCCc2ccc(Cl)cc2)N1.CC1N=C(Nc2cccc(Cl)c2)NC(N(C)C)=N1.Cc1cccc(NC2=NCN=C(N(C)C)N2)c1. The first-order valence-corrected chi connectivity index (χ1v) is 26.1. The summed E-state index contributed by atoms with van der Waals surface area (Å²) < 4.78 is 0. The molecular weight excluding hydrogens is 1020 g/mol. The van der Waals surface area contributed by atoms with Crippen LogP contribution in [0.3, 0.4) is 0 Å². The molecule has 20 nitrogen and oxygen atoms in total. The summed E-state index contributed by atoms with van der Waals surface area (Å²) in [5.74, 6) is 6.11. The summed E-state index contributed by atoms with van der Waals surface area (Å²) in [4.78, 5) is 41.0. The topological polar surface area (TPSA) is 217 Å². The number of hydrogen-bond acceptors (Lipinski definition) is 16. The summed E-state index contributed by atoms with van der Waals surface area (Å²) in [7, 11) is 11.7. The van der Waals surface area contributed by atoms with Crippen LogP contribution >= 0.6 is 34.8 Å². The van der Waals surface area contributed by atoms with E-state index in [0.29, 0.717) is 36.8 Å². The van der Waals surface area contributed by atoms with E-state index in [1.807, 2.05) is 163 Å². The Morgan fingerprint density at radius 2 is 1.07 bits per heavy atom. The van der Waals surface area contributed by atoms with Gasteiger partial charge in [-0.25, -0.2) is 30.0 Å². The van der Waals surface area contributed by atoms with Crippen molar-refractivity contribution in [2.24, 2.45) is 39.9 Å². The van der Waals surface area contributed by atoms with Gasteiger partial charge >= 0.3 is 0 Å². The van der Waals surface area contributed by atoms with E-state index in [9.17, 15) is 0 Å². The zero-order valence-electron chi connectivity index (χ0n) is 45.6. The van der Waals surface area contributed by atoms with Gasteiger partial charge in [0.25, 0.3) is 0 Å². The fourth-order valence-electron chi connectivity index (χ4n) is 6.93. The molecule has 4 aromatic carbocycles. The number of rotatable bonds is 9. The zero-order chi connectivity index (χ0) is 55.1. The highest BCUT2D eigenvalue weighted by atomic mass is 35.5. The second-order valence-electron chi connectivity index (χ2n) is 18.6. The molecule has 4 aliphatic rings. The Bertz CT molecular complexity index is 2730. The highest BCUT2D eigenvalue weighted by Crippen LogP contribution is 2.16. The van der Waals surface area contributed by atoms with Gasteiger partial charge in [0.2, 0.25) is 29.8 Å². The van der Waals surface area contributed by atoms with E-state index in [-0.39, 0.29) is 18.5 Å². The third-order valence-corrected chi connectivity index (χ3v) is 11.3. The average molecular weight is 1100 g/mol. The lowest BCUT2D eigenvalue weighted by Crippen LogP contribution is -2.55. The van der Waals surface area contributed by atoms with Gasteiger partial charge in [-0.05, 0) is 126 Å². The van der Waals surface area contributed by atoms with Crippen LogP contribution in [0.2, 0.25) is 15.1 Å². The average Bonchev–Trinajstić information content (AvgIpc) is 3.35. The molecule has 0 bridgehead atoms. The minimum atomic E-state index is -0.106. The van der Waals surface area contributed by atoms with Crippen LogP contribution in [-0.4, -0.2) is 149 Å². The molecule has 0 radical (unpaired) electrons. The molecule has 3 unspecified atom stereocenters. The maximum atomic E-state index is 5.94. The molecule has 76 heavy (non-hydrogen) atoms. The molecule has 0 aliphatic carbocycles. The van der Waals surface area contributed by atoms with Gasteiger partial charge in [-0.1, -0.05) is 77.3 Å². The van der Waals surface area contributed by atoms with E-state index in [1.54, 1.807) is 0 Å². The predicted molar refractivity (Wildman–Crippen MR) is 321 cm³/mol. The third kappa shape index (κ3) is 21.9. The second kappa shape index (κ2) is 30.3. The first-order valence-electron chi connectivity index (χ1n) is 25.0. The Morgan fingerprint density at radius 3 is 1.62 bits per heavy atom. The van der Waals surface area contributed by atoms with Crippen molar-refractivity contribution in [3.05, 3.63) is 129 Å². The number of benzene rings is 4. The van der Waals surface area contributed by atoms with Crippen LogP contribution in [0.1, 0.15) is 51.3 Å². The molecule has 0 aromatic heterocycles. The molecule has 0 saturated heterocycles. The number of guanidine groups is 8. The van der Waals surface area contributed by atoms with Crippen molar-refractivity contribution in [1.82, 2.24) is 51.9 Å². The molecule has 408 valence electrons. The van der Waals surface area contributed by atoms with Crippen molar-refractivity contribution >= 4 is 93.9 Å². The minimum absolute atomic E-state index is 0.0155. The number of aliphatic imine (C=N–C) groups is 8. The van der Waals surface area contributed by atoms with E-state index >= 15 is 0 Å². The standard InChI is InChI=1S/C15H22ClN5.C14H20ClN5.C12H16ClN5.C12H17N5/c1-10(2)18-15-20-11(3)19-14(21-15)17-9-8-12-4-6-13(16)7-5-12;1-10-17-13(19-14(18-10)20(2)3)16-9-8-11-4-6-12(15)7-5-11;1-8-14-11(17-12(15-8)18(2)3)16-10-6-4-5-9(13)7-10;1-9-5-4-6-10(7-9)15-11-13-8-14-12(16-11)17(2)3/h4-7,10-11H,8-9H2,1-3H3,(H3,17,18,19,20,21);4-7,10H,8-9H2,1-3H3,(H2,16,17,18,19);4-8H,1-3H3,(H2,14,15,16,17);4-7H,8H2,1-3H3,(H2,13,14,15,16). The van der Waals surface area contributed by atoms with Crippen LogP contribution in [0.5, 0.6) is 0 Å². The molecule has 0 saturated carbocycles. The largest absolute Gasteiger partial charge is 0.354 e. The molecule has 0 amide bonds. The number of aryl methyl sites for hydroxylation is 1. The summed E-state index contributed by atoms with van der Waals surface area (Å²) in [6.45, 7) is 14.0. The van der Waals surface area contributed by atoms with E-state index in [1.165, 1.54) is 16.7 Å². The van der Waals surface area contributed by atoms with Crippen molar-refractivity contribution < 1.29 is 0 Å². The lowest BCUT2D eigenvalue weighted by Gasteiger charge is -2.26. The van der Waals surface area contributed by atoms with E-state index in [0.717, 1.165) is 76.0 Å². The van der Waals surface area contributed by atoms with Gasteiger partial charge in [0.05, 0.1) is 0 Å². The Morgan fingerprint density at radius 1 is 0.553 bits per heavy atom. The number of nitrogens with one attached hydrogen (secondary N) is 9. The number of halogens is 3. The quantitative estimate of drug-likeness (QED) is 0.0825. The molecule has 4 aromatic rings. The van der Waals surface area contributed by atoms with Gasteiger partial charge < -0.3 is 41.3 Å². The predicted octanol–water partition coefficient (Wildman–Crippen LogP) is 7.04. The van der Waals surface area contributed by atoms with Gasteiger partial charge in [-0.3, -0.25) is 31.3 Å². The lowest BCUT2D eigenvalue weighted by atomic mass is 10.1. The Balaban J connectivity index is 0.000000188. The third-order valence-electron chi connectivity index (χ3n) is 10.6. The van der Waals surface area contributed by atoms with Crippen LogP contribution in [0.4, 0.5) is 11.4 Å². The fraction of sp³-hybridized carbons (Fsp3) is 0.396. The second-order valence-corrected chi connectivity index (χ2v) is 19.9. The molecular formula is C53H75Cl3N20. The van der Waals surface area contributed by atoms with Crippen molar-refractivity contribution in [2.45, 2.75) is 78.9 Å². The van der Waals surface area contributed by atoms with Crippen LogP contribution in [0.25, 0.3) is 0 Å². The molecule has 0 fully saturated rings. The van der Waals surface area contributed by atoms with Crippen molar-refractivity contribution in [3.63, 3.8) is 0 Å².